The highest BCUT2D eigenvalue weighted by Gasteiger charge is 2.53. The molecule has 5 aliphatic rings. The largest absolute Gasteiger partial charge is 0.460 e. The monoisotopic (exact) mass is 1870 g/mol. The second-order valence-electron chi connectivity index (χ2n) is 36.1. The Kier molecular flexibility index (Phi) is 35.3. The SMILES string of the molecule is CO[C@@H]1C[C@H]2CC[C@H](C)[C@](O)(O2)C(=O)C(=O)N2CCCC[C@H]2C(=O)O[C@H]([C@@H](C)C[C@@H]2CC[C@H](n3nncc3-c3cccc(-c4cnc(N5CCN(S(=O)(=O)CCc6cn(CCOCCOCCOCCC(=O)NCCCCn7nc(-c8ccc9oc(N)nc9c8)c8c(N)ncnc87)nn6)CC5)nc4)c3)[C@H](OC)C2)CC(=O)[C@H](C)/C=C(/C)[C@H](O)[C@@H](O)C(=O)[C@H](C)C[C@H](C)/C=C\C=CC=C1C. The van der Waals surface area contributed by atoms with Gasteiger partial charge in [0.05, 0.1) is 99.3 Å². The summed E-state index contributed by atoms with van der Waals surface area (Å²) in [6.07, 6.45) is 19.9. The summed E-state index contributed by atoms with van der Waals surface area (Å²) in [5.41, 5.74) is 20.0. The maximum Gasteiger partial charge on any atom is 0.329 e. The van der Waals surface area contributed by atoms with Crippen molar-refractivity contribution in [3.8, 4) is 33.6 Å². The van der Waals surface area contributed by atoms with Crippen LogP contribution in [-0.2, 0) is 91.5 Å². The third kappa shape index (κ3) is 25.6. The second kappa shape index (κ2) is 47.1. The number of carbonyl (C=O) groups excluding carboxylic acids is 6. The number of piperazine rings is 1. The zero-order valence-electron chi connectivity index (χ0n) is 78.0. The number of rotatable bonds is 31. The van der Waals surface area contributed by atoms with Gasteiger partial charge in [0, 0.05) is 139 Å². The van der Waals surface area contributed by atoms with Gasteiger partial charge in [0.1, 0.15) is 53.5 Å². The van der Waals surface area contributed by atoms with Crippen LogP contribution in [0.25, 0.3) is 55.8 Å². The number of hydrogen-bond donors (Lipinski definition) is 6. The first-order valence-corrected chi connectivity index (χ1v) is 48.3. The molecule has 1 saturated carbocycles. The molecular formula is C95H129N19O19S. The van der Waals surface area contributed by atoms with Crippen molar-refractivity contribution in [3.63, 3.8) is 0 Å². The van der Waals surface area contributed by atoms with Gasteiger partial charge in [-0.15, -0.1) is 10.2 Å². The summed E-state index contributed by atoms with van der Waals surface area (Å²) in [4.78, 5) is 111. The first kappa shape index (κ1) is 101. The average molecular weight is 1870 g/mol. The Hall–Kier alpha value is -10.9. The molecule has 10 heterocycles. The standard InChI is InChI=1S/C95H129N19O19S/c1-59-18-11-10-12-19-60(2)79(126-8)52-72-26-23-65(7)95(123,133-72)88(120)91(121)112-32-15-13-22-75(112)92(122)131-80(53-77(115)61(3)47-64(6)86(118)87(119)85(117)63(5)46-59)62(4)48-66-24-27-74(81(49-66)127-9)114-76(56-103-107-114)68-21-17-20-67(50-68)70-54-99-94(100-55-70)109-34-36-111(37-35-109)134(124,125)45-30-71-57-110(108-105-71)38-40-129-42-44-130-43-41-128-39-29-82(116)98-31-14-16-33-113-90-83(89(96)101-58-102-90)84(106-113)69-25-28-78-73(51-69)104-93(97)132-78/h10-12,17-21,25,28,47,50-51,54-59,61-63,65-66,72,74-75,79-81,86-87,118-119,123H,13-16,22-24,26-27,29-46,48-49,52-53H2,1-9H3,(H2,97,104)(H,98,116)(H2,96,101,102)/b12-10?,18-11-,60-19?,64-47-/t59-,61-,62+,63-,65+,66+,72-,74+,75+,79-,80+,81-,86+,87+,95+/m1/s1. The highest BCUT2D eigenvalue weighted by atomic mass is 32.2. The number of benzene rings is 2. The molecule has 2 amide bonds. The maximum absolute atomic E-state index is 14.9. The van der Waals surface area contributed by atoms with Crippen molar-refractivity contribution in [3.05, 3.63) is 127 Å². The first-order valence-electron chi connectivity index (χ1n) is 46.7. The van der Waals surface area contributed by atoms with Crippen LogP contribution in [0, 0.1) is 35.5 Å². The van der Waals surface area contributed by atoms with E-state index in [9.17, 15) is 52.5 Å². The molecule has 1 aliphatic carbocycles. The van der Waals surface area contributed by atoms with Crippen LogP contribution in [0.2, 0.25) is 0 Å². The molecule has 724 valence electrons. The Bertz CT molecular complexity index is 5570. The van der Waals surface area contributed by atoms with E-state index in [0.717, 1.165) is 39.9 Å². The highest BCUT2D eigenvalue weighted by Crippen LogP contribution is 2.43. The normalized spacial score (nSPS) is 26.1. The lowest BCUT2D eigenvalue weighted by Crippen LogP contribution is -2.61. The van der Waals surface area contributed by atoms with Crippen molar-refractivity contribution in [2.24, 2.45) is 35.5 Å². The number of sulfonamides is 1. The van der Waals surface area contributed by atoms with Gasteiger partial charge in [-0.05, 0) is 150 Å². The zero-order valence-corrected chi connectivity index (χ0v) is 78.8. The van der Waals surface area contributed by atoms with Gasteiger partial charge in [-0.1, -0.05) is 99.7 Å². The number of oxazole rings is 1. The fourth-order valence-electron chi connectivity index (χ4n) is 18.5. The molecule has 0 unspecified atom stereocenters. The van der Waals surface area contributed by atoms with Gasteiger partial charge in [0.2, 0.25) is 27.7 Å². The van der Waals surface area contributed by atoms with Crippen LogP contribution >= 0.6 is 0 Å². The van der Waals surface area contributed by atoms with Crippen LogP contribution in [0.1, 0.15) is 157 Å². The number of esters is 1. The van der Waals surface area contributed by atoms with Gasteiger partial charge in [0.15, 0.2) is 17.0 Å². The van der Waals surface area contributed by atoms with Gasteiger partial charge in [-0.25, -0.2) is 47.2 Å². The van der Waals surface area contributed by atoms with E-state index in [1.165, 1.54) is 21.6 Å². The summed E-state index contributed by atoms with van der Waals surface area (Å²) < 4.78 is 81.5. The summed E-state index contributed by atoms with van der Waals surface area (Å²) in [6.45, 7) is 16.9. The summed E-state index contributed by atoms with van der Waals surface area (Å²) in [5, 5.41) is 60.8. The molecule has 3 saturated heterocycles. The van der Waals surface area contributed by atoms with Gasteiger partial charge in [0.25, 0.3) is 17.7 Å². The van der Waals surface area contributed by atoms with Crippen molar-refractivity contribution >= 4 is 85.1 Å². The molecule has 6 aromatic heterocycles. The zero-order chi connectivity index (χ0) is 95.3. The minimum Gasteiger partial charge on any atom is -0.460 e. The van der Waals surface area contributed by atoms with Gasteiger partial charge in [-0.3, -0.25) is 24.0 Å². The predicted octanol–water partition coefficient (Wildman–Crippen LogP) is 8.56. The number of aliphatic hydroxyl groups excluding tert-OH is 2. The number of cyclic esters (lactones) is 1. The molecule has 4 fully saturated rings. The molecule has 2 aromatic carbocycles. The summed E-state index contributed by atoms with van der Waals surface area (Å²) >= 11 is 0. The molecule has 15 atom stereocenters. The lowest BCUT2D eigenvalue weighted by atomic mass is 9.77. The number of ether oxygens (including phenoxy) is 7. The Labute approximate surface area is 780 Å². The van der Waals surface area contributed by atoms with Crippen LogP contribution in [0.4, 0.5) is 17.8 Å². The van der Waals surface area contributed by atoms with E-state index in [2.05, 4.69) is 40.9 Å². The summed E-state index contributed by atoms with van der Waals surface area (Å²) in [6, 6.07) is 12.0. The summed E-state index contributed by atoms with van der Waals surface area (Å²) in [7, 11) is -0.431. The Morgan fingerprint density at radius 1 is 0.761 bits per heavy atom. The molecule has 8 aromatic rings. The number of anilines is 3. The van der Waals surface area contributed by atoms with Crippen molar-refractivity contribution in [1.29, 1.82) is 0 Å². The topological polar surface area (TPSA) is 492 Å². The molecule has 0 radical (unpaired) electrons. The second-order valence-corrected chi connectivity index (χ2v) is 38.2. The van der Waals surface area contributed by atoms with E-state index >= 15 is 0 Å². The molecular weight excluding hydrogens is 1740 g/mol. The fraction of sp³-hybridized carbons (Fsp3) is 0.579. The van der Waals surface area contributed by atoms with E-state index < -0.39 is 99.5 Å². The quantitative estimate of drug-likeness (QED) is 0.0102. The molecule has 134 heavy (non-hydrogen) atoms. The number of Topliss-reactive ketones (excluding diaryl/α,β-unsaturated/α-hetero) is 3. The highest BCUT2D eigenvalue weighted by molar-refractivity contribution is 7.89. The smallest absolute Gasteiger partial charge is 0.329 e. The molecule has 39 heteroatoms. The molecule has 13 rings (SSSR count). The lowest BCUT2D eigenvalue weighted by molar-refractivity contribution is -0.265. The van der Waals surface area contributed by atoms with Crippen LogP contribution in [0.5, 0.6) is 0 Å². The van der Waals surface area contributed by atoms with Gasteiger partial charge < -0.3 is 79.5 Å². The third-order valence-corrected chi connectivity index (χ3v) is 28.3. The van der Waals surface area contributed by atoms with Crippen LogP contribution in [-0.4, -0.2) is 280 Å². The van der Waals surface area contributed by atoms with E-state index in [0.29, 0.717) is 175 Å². The fourth-order valence-corrected chi connectivity index (χ4v) is 19.9. The average Bonchev–Trinajstić information content (AvgIpc) is 1.66. The number of fused-ring (bicyclic) bond motifs is 5. The number of nitrogens with zero attached hydrogens (tertiary/aromatic N) is 16. The van der Waals surface area contributed by atoms with Crippen molar-refractivity contribution in [1.82, 2.24) is 79.2 Å². The maximum atomic E-state index is 14.9. The van der Waals surface area contributed by atoms with E-state index in [4.69, 9.17) is 64.1 Å². The Morgan fingerprint density at radius 2 is 1.52 bits per heavy atom. The number of nitrogens with two attached hydrogens (primary N) is 2. The number of piperidine rings is 1. The van der Waals surface area contributed by atoms with E-state index in [1.807, 2.05) is 97.1 Å². The van der Waals surface area contributed by atoms with Crippen LogP contribution in [0.3, 0.4) is 0 Å². The number of ketones is 3. The number of nitrogens with one attached hydrogen (secondary N) is 1. The summed E-state index contributed by atoms with van der Waals surface area (Å²) in [5.74, 6) is -8.71. The van der Waals surface area contributed by atoms with Crippen molar-refractivity contribution in [2.75, 3.05) is 115 Å². The number of hydrogen-bond acceptors (Lipinski definition) is 32. The number of allylic oxidation sites excluding steroid dienone is 6. The third-order valence-electron chi connectivity index (χ3n) is 26.4. The van der Waals surface area contributed by atoms with E-state index in [1.54, 1.807) is 82.1 Å². The first-order chi connectivity index (χ1) is 64.5. The van der Waals surface area contributed by atoms with E-state index in [-0.39, 0.29) is 111 Å². The number of methoxy groups -OCH3 is 2. The number of aromatic nitrogens is 13. The predicted molar refractivity (Wildman–Crippen MR) is 498 cm³/mol. The minimum atomic E-state index is -3.65. The van der Waals surface area contributed by atoms with Crippen LogP contribution in [0.15, 0.2) is 126 Å². The number of amides is 2. The number of nitrogen functional groups attached to an aromatic ring is 2. The molecule has 8 N–H and O–H groups in total. The molecule has 2 bridgehead atoms. The Morgan fingerprint density at radius 3 is 2.29 bits per heavy atom. The number of aliphatic hydroxyl groups is 3. The van der Waals surface area contributed by atoms with Crippen LogP contribution < -0.4 is 21.7 Å². The minimum absolute atomic E-state index is 0.00206. The van der Waals surface area contributed by atoms with Crippen molar-refractivity contribution < 1.29 is 90.1 Å². The van der Waals surface area contributed by atoms with Gasteiger partial charge in [-0.2, -0.15) is 14.4 Å². The van der Waals surface area contributed by atoms with Gasteiger partial charge >= 0.3 is 5.97 Å². The molecule has 4 aliphatic heterocycles. The number of unbranched alkanes of at least 4 members (excludes halogenated alkanes) is 1. The number of carbonyl (C=O) groups is 6. The van der Waals surface area contributed by atoms with Crippen molar-refractivity contribution in [2.45, 2.75) is 219 Å². The Balaban J connectivity index is 0.541. The molecule has 38 nitrogen and oxygen atoms in total. The lowest BCUT2D eigenvalue weighted by Gasteiger charge is -2.42. The molecule has 0 spiro atoms. The number of aryl methyl sites for hydroxylation is 2.